The number of rotatable bonds is 2. The van der Waals surface area contributed by atoms with E-state index in [0.717, 1.165) is 9.99 Å². The van der Waals surface area contributed by atoms with Crippen LogP contribution in [0.1, 0.15) is 11.4 Å². The van der Waals surface area contributed by atoms with Crippen LogP contribution >= 0.6 is 15.9 Å². The molecule has 5 nitrogen and oxygen atoms in total. The molecule has 0 amide bonds. The molecule has 0 saturated heterocycles. The molecule has 0 spiro atoms. The lowest BCUT2D eigenvalue weighted by molar-refractivity contribution is 0.270. The summed E-state index contributed by atoms with van der Waals surface area (Å²) in [4.78, 5) is 4.38. The van der Waals surface area contributed by atoms with Crippen LogP contribution in [0.25, 0.3) is 16.7 Å². The molecule has 0 aliphatic heterocycles. The van der Waals surface area contributed by atoms with Crippen molar-refractivity contribution in [3.8, 4) is 11.8 Å². The highest BCUT2D eigenvalue weighted by atomic mass is 79.9. The molecule has 0 aliphatic rings. The van der Waals surface area contributed by atoms with Gasteiger partial charge in [0.1, 0.15) is 18.5 Å². The van der Waals surface area contributed by atoms with Crippen LogP contribution in [0.3, 0.4) is 0 Å². The summed E-state index contributed by atoms with van der Waals surface area (Å²) in [5.41, 5.74) is 9.03. The average molecular weight is 343 g/mol. The highest BCUT2D eigenvalue weighted by molar-refractivity contribution is 9.10. The number of hydrogen-bond donors (Lipinski definition) is 2. The van der Waals surface area contributed by atoms with Crippen molar-refractivity contribution in [3.05, 3.63) is 52.3 Å². The molecule has 3 aromatic rings. The van der Waals surface area contributed by atoms with E-state index < -0.39 is 0 Å². The minimum atomic E-state index is -0.230. The standard InChI is InChI=1S/C15H11BrN4O/c16-10-2-1-9(7-17)14(5-10)20-13-4-3-11(18)6-12(13)19-15(20)8-21/h1-6,21H,8,18H2. The molecule has 1 heterocycles. The van der Waals surface area contributed by atoms with Crippen molar-refractivity contribution in [2.75, 3.05) is 5.73 Å². The molecule has 0 unspecified atom stereocenters. The Morgan fingerprint density at radius 2 is 2.10 bits per heavy atom. The predicted molar refractivity (Wildman–Crippen MR) is 83.8 cm³/mol. The zero-order valence-electron chi connectivity index (χ0n) is 10.9. The van der Waals surface area contributed by atoms with Crippen LogP contribution < -0.4 is 5.73 Å². The number of nitrogen functional groups attached to an aromatic ring is 1. The van der Waals surface area contributed by atoms with E-state index in [9.17, 15) is 10.4 Å². The van der Waals surface area contributed by atoms with Crippen LogP contribution in [-0.4, -0.2) is 14.7 Å². The van der Waals surface area contributed by atoms with E-state index in [1.807, 2.05) is 12.1 Å². The Labute approximate surface area is 129 Å². The maximum absolute atomic E-state index is 9.57. The zero-order chi connectivity index (χ0) is 15.0. The van der Waals surface area contributed by atoms with Gasteiger partial charge in [0.25, 0.3) is 0 Å². The smallest absolute Gasteiger partial charge is 0.140 e. The molecule has 3 N–H and O–H groups in total. The number of imidazole rings is 1. The molecule has 0 radical (unpaired) electrons. The van der Waals surface area contributed by atoms with E-state index >= 15 is 0 Å². The minimum Gasteiger partial charge on any atom is -0.399 e. The van der Waals surface area contributed by atoms with E-state index in [4.69, 9.17) is 5.73 Å². The van der Waals surface area contributed by atoms with Crippen molar-refractivity contribution in [2.45, 2.75) is 6.61 Å². The number of aliphatic hydroxyl groups excluding tert-OH is 1. The van der Waals surface area contributed by atoms with E-state index in [-0.39, 0.29) is 6.61 Å². The predicted octanol–water partition coefficient (Wildman–Crippen LogP) is 2.73. The fourth-order valence-electron chi connectivity index (χ4n) is 2.31. The summed E-state index contributed by atoms with van der Waals surface area (Å²) in [5.74, 6) is 0.463. The van der Waals surface area contributed by atoms with Gasteiger partial charge in [0, 0.05) is 10.2 Å². The summed E-state index contributed by atoms with van der Waals surface area (Å²) in [6, 6.07) is 12.9. The second-order valence-electron chi connectivity index (χ2n) is 4.54. The van der Waals surface area contributed by atoms with Crippen molar-refractivity contribution in [3.63, 3.8) is 0 Å². The SMILES string of the molecule is N#Cc1ccc(Br)cc1-n1c(CO)nc2cc(N)ccc21. The number of hydrogen-bond acceptors (Lipinski definition) is 4. The van der Waals surface area contributed by atoms with E-state index in [1.165, 1.54) is 0 Å². The van der Waals surface area contributed by atoms with Crippen LogP contribution in [0.2, 0.25) is 0 Å². The van der Waals surface area contributed by atoms with Crippen LogP contribution in [-0.2, 0) is 6.61 Å². The highest BCUT2D eigenvalue weighted by Crippen LogP contribution is 2.27. The maximum Gasteiger partial charge on any atom is 0.140 e. The van der Waals surface area contributed by atoms with Gasteiger partial charge in [-0.05, 0) is 36.4 Å². The van der Waals surface area contributed by atoms with E-state index in [1.54, 1.807) is 28.8 Å². The summed E-state index contributed by atoms with van der Waals surface area (Å²) in [6.07, 6.45) is 0. The Morgan fingerprint density at radius 3 is 2.81 bits per heavy atom. The first-order valence-electron chi connectivity index (χ1n) is 6.22. The number of nitrogens with zero attached hydrogens (tertiary/aromatic N) is 3. The van der Waals surface area contributed by atoms with Crippen LogP contribution in [0.15, 0.2) is 40.9 Å². The second kappa shape index (κ2) is 5.20. The second-order valence-corrected chi connectivity index (χ2v) is 5.46. The van der Waals surface area contributed by atoms with Gasteiger partial charge < -0.3 is 10.8 Å². The molecule has 104 valence electrons. The van der Waals surface area contributed by atoms with Crippen molar-refractivity contribution in [1.82, 2.24) is 9.55 Å². The number of fused-ring (bicyclic) bond motifs is 1. The summed E-state index contributed by atoms with van der Waals surface area (Å²) in [6.45, 7) is -0.230. The Morgan fingerprint density at radius 1 is 1.29 bits per heavy atom. The molecule has 0 saturated carbocycles. The normalized spacial score (nSPS) is 10.7. The van der Waals surface area contributed by atoms with Crippen molar-refractivity contribution in [1.29, 1.82) is 5.26 Å². The lowest BCUT2D eigenvalue weighted by atomic mass is 10.2. The summed E-state index contributed by atoms with van der Waals surface area (Å²) in [5, 5.41) is 18.9. The molecule has 6 heteroatoms. The monoisotopic (exact) mass is 342 g/mol. The van der Waals surface area contributed by atoms with Gasteiger partial charge in [0.2, 0.25) is 0 Å². The number of aliphatic hydroxyl groups is 1. The molecule has 0 aliphatic carbocycles. The van der Waals surface area contributed by atoms with Crippen LogP contribution in [0.4, 0.5) is 5.69 Å². The third-order valence-electron chi connectivity index (χ3n) is 3.21. The first kappa shape index (κ1) is 13.6. The molecule has 0 atom stereocenters. The summed E-state index contributed by atoms with van der Waals surface area (Å²) >= 11 is 3.41. The fourth-order valence-corrected chi connectivity index (χ4v) is 2.66. The number of nitriles is 1. The first-order valence-corrected chi connectivity index (χ1v) is 7.01. The average Bonchev–Trinajstić information content (AvgIpc) is 2.84. The highest BCUT2D eigenvalue weighted by Gasteiger charge is 2.15. The molecule has 0 bridgehead atoms. The number of halogens is 1. The minimum absolute atomic E-state index is 0.230. The molecule has 2 aromatic carbocycles. The van der Waals surface area contributed by atoms with E-state index in [0.29, 0.717) is 28.3 Å². The van der Waals surface area contributed by atoms with Crippen molar-refractivity contribution < 1.29 is 5.11 Å². The van der Waals surface area contributed by atoms with Crippen LogP contribution in [0, 0.1) is 11.3 Å². The molecular weight excluding hydrogens is 332 g/mol. The molecule has 1 aromatic heterocycles. The van der Waals surface area contributed by atoms with Gasteiger partial charge in [-0.15, -0.1) is 0 Å². The number of nitrogens with two attached hydrogens (primary N) is 1. The number of benzene rings is 2. The van der Waals surface area contributed by atoms with Crippen LogP contribution in [0.5, 0.6) is 0 Å². The van der Waals surface area contributed by atoms with E-state index in [2.05, 4.69) is 27.0 Å². The lowest BCUT2D eigenvalue weighted by Gasteiger charge is -2.10. The molecular formula is C15H11BrN4O. The zero-order valence-corrected chi connectivity index (χ0v) is 12.5. The Bertz CT molecular complexity index is 879. The third-order valence-corrected chi connectivity index (χ3v) is 3.70. The van der Waals surface area contributed by atoms with Crippen molar-refractivity contribution >= 4 is 32.7 Å². The Balaban J connectivity index is 2.39. The van der Waals surface area contributed by atoms with Crippen molar-refractivity contribution in [2.24, 2.45) is 0 Å². The van der Waals surface area contributed by atoms with Gasteiger partial charge >= 0.3 is 0 Å². The summed E-state index contributed by atoms with van der Waals surface area (Å²) < 4.78 is 2.62. The molecule has 21 heavy (non-hydrogen) atoms. The van der Waals surface area contributed by atoms with Gasteiger partial charge in [-0.2, -0.15) is 5.26 Å². The Kier molecular flexibility index (Phi) is 3.37. The van der Waals surface area contributed by atoms with Gasteiger partial charge in [-0.1, -0.05) is 15.9 Å². The van der Waals surface area contributed by atoms with Gasteiger partial charge in [0.15, 0.2) is 0 Å². The van der Waals surface area contributed by atoms with Gasteiger partial charge in [0.05, 0.1) is 22.3 Å². The lowest BCUT2D eigenvalue weighted by Crippen LogP contribution is -2.03. The van der Waals surface area contributed by atoms with Gasteiger partial charge in [-0.25, -0.2) is 4.98 Å². The Hall–Kier alpha value is -2.36. The topological polar surface area (TPSA) is 87.9 Å². The number of aromatic nitrogens is 2. The maximum atomic E-state index is 9.57. The largest absolute Gasteiger partial charge is 0.399 e. The number of anilines is 1. The molecule has 0 fully saturated rings. The molecule has 3 rings (SSSR count). The first-order chi connectivity index (χ1) is 10.1. The quantitative estimate of drug-likeness (QED) is 0.701. The van der Waals surface area contributed by atoms with Gasteiger partial charge in [-0.3, -0.25) is 4.57 Å². The summed E-state index contributed by atoms with van der Waals surface area (Å²) in [7, 11) is 0. The third kappa shape index (κ3) is 2.27. The fraction of sp³-hybridized carbons (Fsp3) is 0.0667.